The highest BCUT2D eigenvalue weighted by Crippen LogP contribution is 2.24. The van der Waals surface area contributed by atoms with Crippen LogP contribution >= 0.6 is 0 Å². The Kier molecular flexibility index (Phi) is 6.16. The van der Waals surface area contributed by atoms with Gasteiger partial charge in [0, 0.05) is 38.6 Å². The molecule has 2 aromatic rings. The highest BCUT2D eigenvalue weighted by molar-refractivity contribution is 5.77. The average molecular weight is 369 g/mol. The number of hydrogen-bond donors (Lipinski definition) is 0. The highest BCUT2D eigenvalue weighted by atomic mass is 16.6. The van der Waals surface area contributed by atoms with E-state index in [2.05, 4.69) is 29.7 Å². The van der Waals surface area contributed by atoms with Crippen molar-refractivity contribution in [3.8, 4) is 0 Å². The van der Waals surface area contributed by atoms with Crippen molar-refractivity contribution < 1.29 is 14.3 Å². The number of carbonyl (C=O) groups excluding carboxylic acids is 2. The molecule has 6 nitrogen and oxygen atoms in total. The first-order chi connectivity index (χ1) is 13.1. The maximum atomic E-state index is 12.9. The van der Waals surface area contributed by atoms with Crippen LogP contribution in [0.25, 0.3) is 0 Å². The van der Waals surface area contributed by atoms with Gasteiger partial charge < -0.3 is 19.1 Å². The second-order valence-electron chi connectivity index (χ2n) is 6.83. The number of hydrogen-bond acceptors (Lipinski definition) is 3. The minimum absolute atomic E-state index is 0.0320. The van der Waals surface area contributed by atoms with E-state index >= 15 is 0 Å². The maximum Gasteiger partial charge on any atom is 0.409 e. The van der Waals surface area contributed by atoms with Crippen LogP contribution in [0.2, 0.25) is 0 Å². The van der Waals surface area contributed by atoms with E-state index < -0.39 is 0 Å². The second-order valence-corrected chi connectivity index (χ2v) is 6.83. The predicted octanol–water partition coefficient (Wildman–Crippen LogP) is 3.08. The summed E-state index contributed by atoms with van der Waals surface area (Å²) in [5, 5.41) is 0. The van der Waals surface area contributed by atoms with E-state index in [1.54, 1.807) is 11.8 Å². The zero-order valence-corrected chi connectivity index (χ0v) is 16.0. The van der Waals surface area contributed by atoms with Crippen molar-refractivity contribution in [3.63, 3.8) is 0 Å². The van der Waals surface area contributed by atoms with Crippen molar-refractivity contribution in [1.82, 2.24) is 14.4 Å². The summed E-state index contributed by atoms with van der Waals surface area (Å²) in [6.07, 6.45) is 4.10. The topological polar surface area (TPSA) is 54.8 Å². The van der Waals surface area contributed by atoms with Gasteiger partial charge in [0.15, 0.2) is 0 Å². The minimum atomic E-state index is -0.297. The van der Waals surface area contributed by atoms with Crippen molar-refractivity contribution in [3.05, 3.63) is 59.9 Å². The SMILES string of the molecule is CCOC(=O)N1CCN(C(=O)CC(c2cccc(C)c2)n2cccc2)CC1. The zero-order valence-electron chi connectivity index (χ0n) is 16.0. The number of carbonyl (C=O) groups is 2. The Labute approximate surface area is 160 Å². The summed E-state index contributed by atoms with van der Waals surface area (Å²) >= 11 is 0. The number of aryl methyl sites for hydroxylation is 1. The fourth-order valence-corrected chi connectivity index (χ4v) is 3.48. The molecule has 1 unspecified atom stereocenters. The van der Waals surface area contributed by atoms with Crippen LogP contribution in [0.15, 0.2) is 48.8 Å². The molecule has 2 heterocycles. The molecule has 1 saturated heterocycles. The van der Waals surface area contributed by atoms with Crippen molar-refractivity contribution in [2.24, 2.45) is 0 Å². The van der Waals surface area contributed by atoms with Crippen LogP contribution in [0.1, 0.15) is 30.5 Å². The van der Waals surface area contributed by atoms with E-state index in [1.165, 1.54) is 5.56 Å². The number of ether oxygens (including phenoxy) is 1. The van der Waals surface area contributed by atoms with Gasteiger partial charge in [-0.15, -0.1) is 0 Å². The molecule has 2 amide bonds. The van der Waals surface area contributed by atoms with Crippen molar-refractivity contribution >= 4 is 12.0 Å². The van der Waals surface area contributed by atoms with Gasteiger partial charge in [-0.3, -0.25) is 4.79 Å². The van der Waals surface area contributed by atoms with Gasteiger partial charge in [-0.2, -0.15) is 0 Å². The lowest BCUT2D eigenvalue weighted by atomic mass is 10.0. The number of amides is 2. The Morgan fingerprint density at radius 1 is 1.04 bits per heavy atom. The maximum absolute atomic E-state index is 12.9. The zero-order chi connectivity index (χ0) is 19.2. The van der Waals surface area contributed by atoms with Crippen LogP contribution in [0.4, 0.5) is 4.79 Å². The fraction of sp³-hybridized carbons (Fsp3) is 0.429. The van der Waals surface area contributed by atoms with Gasteiger partial charge >= 0.3 is 6.09 Å². The Balaban J connectivity index is 1.66. The van der Waals surface area contributed by atoms with Crippen LogP contribution in [-0.4, -0.2) is 59.2 Å². The quantitative estimate of drug-likeness (QED) is 0.814. The van der Waals surface area contributed by atoms with Crippen LogP contribution in [0.3, 0.4) is 0 Å². The smallest absolute Gasteiger partial charge is 0.409 e. The first-order valence-corrected chi connectivity index (χ1v) is 9.47. The molecule has 0 radical (unpaired) electrons. The molecule has 3 rings (SSSR count). The third kappa shape index (κ3) is 4.70. The summed E-state index contributed by atoms with van der Waals surface area (Å²) < 4.78 is 7.12. The van der Waals surface area contributed by atoms with Crippen molar-refractivity contribution in [2.45, 2.75) is 26.3 Å². The van der Waals surface area contributed by atoms with E-state index in [-0.39, 0.29) is 18.0 Å². The molecule has 0 saturated carbocycles. The molecule has 0 N–H and O–H groups in total. The summed E-state index contributed by atoms with van der Waals surface area (Å²) in [6.45, 7) is 6.35. The van der Waals surface area contributed by atoms with Crippen molar-refractivity contribution in [2.75, 3.05) is 32.8 Å². The van der Waals surface area contributed by atoms with Gasteiger partial charge in [-0.1, -0.05) is 29.8 Å². The average Bonchev–Trinajstić information content (AvgIpc) is 3.20. The van der Waals surface area contributed by atoms with Gasteiger partial charge in [0.1, 0.15) is 0 Å². The van der Waals surface area contributed by atoms with Crippen LogP contribution < -0.4 is 0 Å². The number of aromatic nitrogens is 1. The lowest BCUT2D eigenvalue weighted by molar-refractivity contribution is -0.133. The molecule has 27 heavy (non-hydrogen) atoms. The number of nitrogens with zero attached hydrogens (tertiary/aromatic N) is 3. The third-order valence-electron chi connectivity index (χ3n) is 4.94. The third-order valence-corrected chi connectivity index (χ3v) is 4.94. The number of benzene rings is 1. The van der Waals surface area contributed by atoms with Gasteiger partial charge in [0.25, 0.3) is 0 Å². The molecule has 0 bridgehead atoms. The molecule has 1 atom stereocenters. The molecule has 0 spiro atoms. The van der Waals surface area contributed by atoms with Gasteiger partial charge in [0.2, 0.25) is 5.91 Å². The molecule has 1 aliphatic rings. The molecular formula is C21H27N3O3. The largest absolute Gasteiger partial charge is 0.450 e. The summed E-state index contributed by atoms with van der Waals surface area (Å²) in [6, 6.07) is 12.2. The van der Waals surface area contributed by atoms with Gasteiger partial charge in [0.05, 0.1) is 19.1 Å². The molecule has 1 fully saturated rings. The standard InChI is InChI=1S/C21H27N3O3/c1-3-27-21(26)24-13-11-23(12-14-24)20(25)16-19(22-9-4-5-10-22)18-8-6-7-17(2)15-18/h4-10,15,19H,3,11-14,16H2,1-2H3. The normalized spacial score (nSPS) is 15.5. The molecule has 144 valence electrons. The van der Waals surface area contributed by atoms with E-state index in [0.717, 1.165) is 5.56 Å². The first-order valence-electron chi connectivity index (χ1n) is 9.47. The van der Waals surface area contributed by atoms with Crippen LogP contribution in [0, 0.1) is 6.92 Å². The summed E-state index contributed by atoms with van der Waals surface area (Å²) in [5.74, 6) is 0.110. The Bertz CT molecular complexity index is 765. The van der Waals surface area contributed by atoms with E-state index in [9.17, 15) is 9.59 Å². The summed E-state index contributed by atoms with van der Waals surface area (Å²) in [7, 11) is 0. The Morgan fingerprint density at radius 2 is 1.70 bits per heavy atom. The Hall–Kier alpha value is -2.76. The van der Waals surface area contributed by atoms with Gasteiger partial charge in [-0.05, 0) is 31.5 Å². The minimum Gasteiger partial charge on any atom is -0.450 e. The Morgan fingerprint density at radius 3 is 2.33 bits per heavy atom. The first kappa shape index (κ1) is 19.0. The fourth-order valence-electron chi connectivity index (χ4n) is 3.48. The van der Waals surface area contributed by atoms with Crippen molar-refractivity contribution in [1.29, 1.82) is 0 Å². The van der Waals surface area contributed by atoms with Crippen LogP contribution in [0.5, 0.6) is 0 Å². The van der Waals surface area contributed by atoms with Gasteiger partial charge in [-0.25, -0.2) is 4.79 Å². The summed E-state index contributed by atoms with van der Waals surface area (Å²) in [4.78, 5) is 28.3. The van der Waals surface area contributed by atoms with E-state index in [4.69, 9.17) is 4.74 Å². The molecule has 6 heteroatoms. The predicted molar refractivity (Wildman–Crippen MR) is 104 cm³/mol. The molecular weight excluding hydrogens is 342 g/mol. The molecule has 1 aromatic carbocycles. The summed E-state index contributed by atoms with van der Waals surface area (Å²) in [5.41, 5.74) is 2.31. The molecule has 0 aliphatic carbocycles. The highest BCUT2D eigenvalue weighted by Gasteiger charge is 2.27. The second kappa shape index (κ2) is 8.75. The van der Waals surface area contributed by atoms with E-state index in [0.29, 0.717) is 39.2 Å². The monoisotopic (exact) mass is 369 g/mol. The molecule has 1 aromatic heterocycles. The lowest BCUT2D eigenvalue weighted by Crippen LogP contribution is -2.51. The number of piperazine rings is 1. The van der Waals surface area contributed by atoms with E-state index in [1.807, 2.05) is 35.5 Å². The lowest BCUT2D eigenvalue weighted by Gasteiger charge is -2.35. The molecule has 1 aliphatic heterocycles. The van der Waals surface area contributed by atoms with Crippen LogP contribution in [-0.2, 0) is 9.53 Å². The number of rotatable bonds is 5.